The van der Waals surface area contributed by atoms with Crippen LogP contribution in [0.15, 0.2) is 36.5 Å². The highest BCUT2D eigenvalue weighted by molar-refractivity contribution is 5.22. The molecule has 0 amide bonds. The minimum atomic E-state index is 0.367. The molecule has 0 aromatic carbocycles. The van der Waals surface area contributed by atoms with E-state index < -0.39 is 0 Å². The molecule has 1 heteroatoms. The Bertz CT molecular complexity index is 169. The van der Waals surface area contributed by atoms with Gasteiger partial charge in [0, 0.05) is 0 Å². The Morgan fingerprint density at radius 2 is 1.33 bits per heavy atom. The number of allylic oxidation sites excluding steroid dienone is 4. The SMILES string of the molecule is C1=CC=C[C@H]2O[C@H]2C=C1. The van der Waals surface area contributed by atoms with Crippen LogP contribution >= 0.6 is 0 Å². The van der Waals surface area contributed by atoms with Gasteiger partial charge in [0.15, 0.2) is 0 Å². The van der Waals surface area contributed by atoms with Crippen molar-refractivity contribution in [1.29, 1.82) is 0 Å². The zero-order valence-corrected chi connectivity index (χ0v) is 5.03. The Morgan fingerprint density at radius 1 is 0.778 bits per heavy atom. The average Bonchev–Trinajstić information content (AvgIpc) is 2.46. The molecule has 1 aliphatic heterocycles. The van der Waals surface area contributed by atoms with E-state index in [9.17, 15) is 0 Å². The number of hydrogen-bond acceptors (Lipinski definition) is 1. The van der Waals surface area contributed by atoms with Crippen molar-refractivity contribution < 1.29 is 4.74 Å². The van der Waals surface area contributed by atoms with Crippen molar-refractivity contribution in [1.82, 2.24) is 0 Å². The fraction of sp³-hybridized carbons (Fsp3) is 0.250. The van der Waals surface area contributed by atoms with Crippen molar-refractivity contribution in [2.45, 2.75) is 12.2 Å². The van der Waals surface area contributed by atoms with E-state index in [-0.39, 0.29) is 0 Å². The second-order valence-electron chi connectivity index (χ2n) is 2.22. The minimum Gasteiger partial charge on any atom is -0.361 e. The predicted octanol–water partition coefficient (Wildman–Crippen LogP) is 1.44. The molecule has 46 valence electrons. The summed E-state index contributed by atoms with van der Waals surface area (Å²) in [5, 5.41) is 0. The van der Waals surface area contributed by atoms with Crippen LogP contribution in [0.2, 0.25) is 0 Å². The second kappa shape index (κ2) is 1.85. The van der Waals surface area contributed by atoms with Crippen LogP contribution in [-0.4, -0.2) is 12.2 Å². The van der Waals surface area contributed by atoms with Gasteiger partial charge in [-0.25, -0.2) is 0 Å². The third-order valence-electron chi connectivity index (χ3n) is 1.50. The molecule has 1 nitrogen and oxygen atoms in total. The molecule has 2 rings (SSSR count). The van der Waals surface area contributed by atoms with Gasteiger partial charge in [0.05, 0.1) is 0 Å². The molecule has 1 saturated heterocycles. The van der Waals surface area contributed by atoms with Gasteiger partial charge in [-0.1, -0.05) is 36.5 Å². The smallest absolute Gasteiger partial charge is 0.107 e. The van der Waals surface area contributed by atoms with Gasteiger partial charge in [0.1, 0.15) is 12.2 Å². The quantitative estimate of drug-likeness (QED) is 0.440. The highest BCUT2D eigenvalue weighted by Gasteiger charge is 2.33. The molecular formula is C8H8O. The van der Waals surface area contributed by atoms with Crippen LogP contribution in [0.5, 0.6) is 0 Å². The molecule has 1 fully saturated rings. The molecule has 2 aliphatic rings. The molecule has 0 bridgehead atoms. The monoisotopic (exact) mass is 120 g/mol. The highest BCUT2D eigenvalue weighted by atomic mass is 16.6. The topological polar surface area (TPSA) is 12.5 Å². The maximum atomic E-state index is 5.22. The highest BCUT2D eigenvalue weighted by Crippen LogP contribution is 2.25. The maximum absolute atomic E-state index is 5.22. The minimum absolute atomic E-state index is 0.367. The van der Waals surface area contributed by atoms with Crippen LogP contribution in [0.4, 0.5) is 0 Å². The molecule has 1 heterocycles. The van der Waals surface area contributed by atoms with Gasteiger partial charge in [-0.3, -0.25) is 0 Å². The van der Waals surface area contributed by atoms with Gasteiger partial charge in [0.25, 0.3) is 0 Å². The maximum Gasteiger partial charge on any atom is 0.107 e. The zero-order chi connectivity index (χ0) is 6.10. The van der Waals surface area contributed by atoms with Gasteiger partial charge < -0.3 is 4.74 Å². The van der Waals surface area contributed by atoms with Crippen LogP contribution in [0, 0.1) is 0 Å². The number of ether oxygens (including phenoxy) is 1. The molecule has 0 spiro atoms. The Labute approximate surface area is 54.3 Å². The first-order chi connectivity index (χ1) is 4.47. The summed E-state index contributed by atoms with van der Waals surface area (Å²) in [6.45, 7) is 0. The summed E-state index contributed by atoms with van der Waals surface area (Å²) in [5.41, 5.74) is 0. The molecule has 1 aliphatic carbocycles. The van der Waals surface area contributed by atoms with E-state index in [1.54, 1.807) is 0 Å². The first-order valence-electron chi connectivity index (χ1n) is 3.14. The van der Waals surface area contributed by atoms with E-state index in [1.165, 1.54) is 0 Å². The Hall–Kier alpha value is -0.820. The molecule has 0 aromatic heterocycles. The summed E-state index contributed by atoms with van der Waals surface area (Å²) in [6, 6.07) is 0. The third kappa shape index (κ3) is 0.958. The normalized spacial score (nSPS) is 37.3. The number of rotatable bonds is 0. The van der Waals surface area contributed by atoms with Crippen molar-refractivity contribution in [3.05, 3.63) is 36.5 Å². The summed E-state index contributed by atoms with van der Waals surface area (Å²) < 4.78 is 5.22. The molecule has 9 heavy (non-hydrogen) atoms. The third-order valence-corrected chi connectivity index (χ3v) is 1.50. The van der Waals surface area contributed by atoms with Gasteiger partial charge in [0.2, 0.25) is 0 Å². The van der Waals surface area contributed by atoms with Crippen molar-refractivity contribution >= 4 is 0 Å². The molecule has 0 aromatic rings. The summed E-state index contributed by atoms with van der Waals surface area (Å²) in [7, 11) is 0. The largest absolute Gasteiger partial charge is 0.361 e. The van der Waals surface area contributed by atoms with Gasteiger partial charge in [-0.05, 0) is 0 Å². The molecule has 0 radical (unpaired) electrons. The molecule has 0 N–H and O–H groups in total. The summed E-state index contributed by atoms with van der Waals surface area (Å²) in [6.07, 6.45) is 12.9. The van der Waals surface area contributed by atoms with Gasteiger partial charge in [-0.15, -0.1) is 0 Å². The molecule has 2 atom stereocenters. The molecule has 0 unspecified atom stereocenters. The van der Waals surface area contributed by atoms with E-state index in [2.05, 4.69) is 12.2 Å². The van der Waals surface area contributed by atoms with E-state index in [0.717, 1.165) is 0 Å². The van der Waals surface area contributed by atoms with Gasteiger partial charge in [-0.2, -0.15) is 0 Å². The molecular weight excluding hydrogens is 112 g/mol. The summed E-state index contributed by atoms with van der Waals surface area (Å²) in [5.74, 6) is 0. The fourth-order valence-electron chi connectivity index (χ4n) is 0.921. The van der Waals surface area contributed by atoms with Crippen LogP contribution < -0.4 is 0 Å². The molecule has 0 saturated carbocycles. The van der Waals surface area contributed by atoms with Crippen molar-refractivity contribution in [3.8, 4) is 0 Å². The van der Waals surface area contributed by atoms with Crippen molar-refractivity contribution in [3.63, 3.8) is 0 Å². The van der Waals surface area contributed by atoms with Crippen LogP contribution in [0.25, 0.3) is 0 Å². The number of fused-ring (bicyclic) bond motifs is 1. The zero-order valence-electron chi connectivity index (χ0n) is 5.03. The Morgan fingerprint density at radius 3 is 1.89 bits per heavy atom. The summed E-state index contributed by atoms with van der Waals surface area (Å²) >= 11 is 0. The Balaban J connectivity index is 2.19. The predicted molar refractivity (Wildman–Crippen MR) is 36.1 cm³/mol. The van der Waals surface area contributed by atoms with Crippen molar-refractivity contribution in [2.24, 2.45) is 0 Å². The number of hydrogen-bond donors (Lipinski definition) is 0. The first kappa shape index (κ1) is 5.00. The fourth-order valence-corrected chi connectivity index (χ4v) is 0.921. The summed E-state index contributed by atoms with van der Waals surface area (Å²) in [4.78, 5) is 0. The first-order valence-corrected chi connectivity index (χ1v) is 3.14. The number of epoxide rings is 1. The van der Waals surface area contributed by atoms with Crippen LogP contribution in [0.3, 0.4) is 0 Å². The van der Waals surface area contributed by atoms with E-state index >= 15 is 0 Å². The Kier molecular flexibility index (Phi) is 1.03. The van der Waals surface area contributed by atoms with E-state index in [0.29, 0.717) is 12.2 Å². The van der Waals surface area contributed by atoms with E-state index in [4.69, 9.17) is 4.74 Å². The van der Waals surface area contributed by atoms with E-state index in [1.807, 2.05) is 24.3 Å². The van der Waals surface area contributed by atoms with Crippen LogP contribution in [-0.2, 0) is 4.74 Å². The second-order valence-corrected chi connectivity index (χ2v) is 2.22. The van der Waals surface area contributed by atoms with Crippen LogP contribution in [0.1, 0.15) is 0 Å². The lowest BCUT2D eigenvalue weighted by Crippen LogP contribution is -1.84. The lowest BCUT2D eigenvalue weighted by Gasteiger charge is -1.80. The lowest BCUT2D eigenvalue weighted by molar-refractivity contribution is 0.413. The average molecular weight is 120 g/mol. The lowest BCUT2D eigenvalue weighted by atomic mass is 10.2. The van der Waals surface area contributed by atoms with Crippen molar-refractivity contribution in [2.75, 3.05) is 0 Å². The standard InChI is InChI=1S/C8H8O/c1-2-4-6-8-7(9-8)5-3-1/h1-8H/t7-,8+. The van der Waals surface area contributed by atoms with Gasteiger partial charge >= 0.3 is 0 Å².